The molecule has 0 radical (unpaired) electrons. The number of hydrogen-bond donors (Lipinski definition) is 2. The molecule has 32 heavy (non-hydrogen) atoms. The molecule has 6 nitrogen and oxygen atoms in total. The van der Waals surface area contributed by atoms with Crippen LogP contribution in [0, 0.1) is 11.7 Å². The number of nitrogens with one attached hydrogen (secondary N) is 1. The Hall–Kier alpha value is -2.77. The van der Waals surface area contributed by atoms with Crippen LogP contribution in [0.3, 0.4) is 0 Å². The highest BCUT2D eigenvalue weighted by Gasteiger charge is 2.31. The largest absolute Gasteiger partial charge is 0.469 e. The molecule has 1 fully saturated rings. The molecule has 2 atom stereocenters. The maximum Gasteiger partial charge on any atom is 0.305 e. The van der Waals surface area contributed by atoms with E-state index in [9.17, 15) is 14.3 Å². The monoisotopic (exact) mass is 457 g/mol. The molecular weight excluding hydrogens is 433 g/mol. The van der Waals surface area contributed by atoms with Gasteiger partial charge in [0.15, 0.2) is 0 Å². The molecule has 1 heterocycles. The second kappa shape index (κ2) is 9.79. The molecule has 168 valence electrons. The van der Waals surface area contributed by atoms with E-state index in [2.05, 4.69) is 10.3 Å². The number of esters is 1. The molecule has 0 saturated heterocycles. The van der Waals surface area contributed by atoms with Crippen LogP contribution in [0.4, 0.5) is 10.1 Å². The highest BCUT2D eigenvalue weighted by molar-refractivity contribution is 6.32. The highest BCUT2D eigenvalue weighted by atomic mass is 35.5. The number of hydrogen-bond acceptors (Lipinski definition) is 5. The average molecular weight is 458 g/mol. The van der Waals surface area contributed by atoms with Gasteiger partial charge >= 0.3 is 5.97 Å². The fourth-order valence-corrected chi connectivity index (χ4v) is 3.89. The Bertz CT molecular complexity index is 1070. The van der Waals surface area contributed by atoms with Gasteiger partial charge in [-0.3, -0.25) is 14.8 Å². The molecule has 8 heteroatoms. The van der Waals surface area contributed by atoms with Gasteiger partial charge in [-0.25, -0.2) is 4.39 Å². The Labute approximate surface area is 191 Å². The molecule has 1 aliphatic carbocycles. The van der Waals surface area contributed by atoms with Crippen molar-refractivity contribution in [1.29, 1.82) is 0 Å². The number of aliphatic imine (C=N–C) groups is 2. The molecule has 2 aromatic carbocycles. The summed E-state index contributed by atoms with van der Waals surface area (Å²) in [4.78, 5) is 21.3. The van der Waals surface area contributed by atoms with Crippen LogP contribution in [0.2, 0.25) is 5.02 Å². The molecule has 0 spiro atoms. The number of methoxy groups -OCH3 is 1. The van der Waals surface area contributed by atoms with Crippen LogP contribution in [0.15, 0.2) is 52.4 Å². The van der Waals surface area contributed by atoms with Crippen molar-refractivity contribution in [1.82, 2.24) is 0 Å². The van der Waals surface area contributed by atoms with Crippen LogP contribution in [0.25, 0.3) is 0 Å². The van der Waals surface area contributed by atoms with Gasteiger partial charge in [0.05, 0.1) is 25.5 Å². The van der Waals surface area contributed by atoms with Gasteiger partial charge in [0.2, 0.25) is 0 Å². The number of fused-ring (bicyclic) bond motifs is 1. The summed E-state index contributed by atoms with van der Waals surface area (Å²) in [5, 5.41) is 14.1. The zero-order chi connectivity index (χ0) is 22.7. The van der Waals surface area contributed by atoms with Crippen LogP contribution < -0.4 is 5.32 Å². The number of anilines is 1. The van der Waals surface area contributed by atoms with E-state index in [1.54, 1.807) is 36.4 Å². The molecule has 1 saturated carbocycles. The van der Waals surface area contributed by atoms with Crippen molar-refractivity contribution in [2.24, 2.45) is 15.9 Å². The van der Waals surface area contributed by atoms with Gasteiger partial charge < -0.3 is 15.2 Å². The Morgan fingerprint density at radius 3 is 2.81 bits per heavy atom. The first-order valence-corrected chi connectivity index (χ1v) is 11.0. The second-order valence-corrected chi connectivity index (χ2v) is 8.47. The molecule has 4 rings (SSSR count). The number of amidine groups is 1. The number of rotatable bonds is 7. The summed E-state index contributed by atoms with van der Waals surface area (Å²) in [7, 11) is 1.33. The van der Waals surface area contributed by atoms with Crippen LogP contribution in [0.1, 0.15) is 36.8 Å². The first kappa shape index (κ1) is 22.4. The normalized spacial score (nSPS) is 20.1. The Kier molecular flexibility index (Phi) is 6.86. The van der Waals surface area contributed by atoms with Crippen molar-refractivity contribution >= 4 is 34.8 Å². The van der Waals surface area contributed by atoms with Gasteiger partial charge in [0.25, 0.3) is 0 Å². The number of carbonyl (C=O) groups excluding carboxylic acids is 1. The summed E-state index contributed by atoms with van der Waals surface area (Å²) in [5.41, 5.74) is 2.08. The van der Waals surface area contributed by atoms with E-state index in [-0.39, 0.29) is 24.9 Å². The smallest absolute Gasteiger partial charge is 0.305 e. The number of nitrogens with zero attached hydrogens (tertiary/aromatic N) is 2. The van der Waals surface area contributed by atoms with Crippen molar-refractivity contribution < 1.29 is 19.0 Å². The van der Waals surface area contributed by atoms with E-state index in [0.29, 0.717) is 39.8 Å². The predicted molar refractivity (Wildman–Crippen MR) is 123 cm³/mol. The lowest BCUT2D eigenvalue weighted by Gasteiger charge is -2.16. The molecule has 2 aromatic rings. The van der Waals surface area contributed by atoms with Crippen LogP contribution in [0.5, 0.6) is 0 Å². The predicted octanol–water partition coefficient (Wildman–Crippen LogP) is 4.23. The maximum atomic E-state index is 14.8. The van der Waals surface area contributed by atoms with Crippen molar-refractivity contribution in [3.8, 4) is 0 Å². The number of carbonyl (C=O) groups is 1. The van der Waals surface area contributed by atoms with Crippen molar-refractivity contribution in [2.75, 3.05) is 19.0 Å². The average Bonchev–Trinajstić information content (AvgIpc) is 3.64. The van der Waals surface area contributed by atoms with Crippen LogP contribution >= 0.6 is 11.6 Å². The summed E-state index contributed by atoms with van der Waals surface area (Å²) >= 11 is 6.26. The Balaban J connectivity index is 1.79. The first-order valence-electron chi connectivity index (χ1n) is 10.6. The number of benzene rings is 2. The van der Waals surface area contributed by atoms with E-state index in [1.807, 2.05) is 0 Å². The lowest BCUT2D eigenvalue weighted by atomic mass is 10.00. The third-order valence-corrected chi connectivity index (χ3v) is 5.93. The Morgan fingerprint density at radius 2 is 2.09 bits per heavy atom. The summed E-state index contributed by atoms with van der Waals surface area (Å²) < 4.78 is 19.6. The topological polar surface area (TPSA) is 83.3 Å². The summed E-state index contributed by atoms with van der Waals surface area (Å²) in [5.74, 6) is 0.0222. The molecule has 1 unspecified atom stereocenters. The highest BCUT2D eigenvalue weighted by Crippen LogP contribution is 2.33. The quantitative estimate of drug-likeness (QED) is 0.609. The van der Waals surface area contributed by atoms with Gasteiger partial charge in [0.1, 0.15) is 17.7 Å². The molecule has 0 amide bonds. The minimum absolute atomic E-state index is 0.123. The fraction of sp³-hybridized carbons (Fsp3) is 0.375. The standard InChI is InChI=1S/C24H25ClFN3O3/c1-32-22(31)11-10-20-24(27-13-21(30)14-6-7-14)29-19-9-8-15(25)12-17(19)23(28-20)16-4-2-3-5-18(16)26/h2-5,8-9,12,14,20-21,30H,6-7,10-11,13H2,1H3,(H,27,29)/t20-,21?/m0/s1. The Morgan fingerprint density at radius 1 is 1.31 bits per heavy atom. The third-order valence-electron chi connectivity index (χ3n) is 5.69. The SMILES string of the molecule is COC(=O)CC[C@@H]1N=C(c2ccccc2F)c2cc(Cl)ccc2NC1=NCC(O)C1CC1. The molecular formula is C24H25ClFN3O3. The van der Waals surface area contributed by atoms with E-state index in [1.165, 1.54) is 13.2 Å². The second-order valence-electron chi connectivity index (χ2n) is 8.03. The van der Waals surface area contributed by atoms with Gasteiger partial charge in [-0.1, -0.05) is 23.7 Å². The first-order chi connectivity index (χ1) is 15.5. The van der Waals surface area contributed by atoms with Crippen LogP contribution in [-0.2, 0) is 9.53 Å². The fourth-order valence-electron chi connectivity index (χ4n) is 3.72. The number of benzodiazepines with no additional fused rings is 1. The number of halogens is 2. The molecule has 2 N–H and O–H groups in total. The summed E-state index contributed by atoms with van der Waals surface area (Å²) in [6, 6.07) is 11.1. The van der Waals surface area contributed by atoms with Gasteiger partial charge in [0, 0.05) is 28.3 Å². The minimum Gasteiger partial charge on any atom is -0.469 e. The van der Waals surface area contributed by atoms with Crippen molar-refractivity contribution in [3.05, 3.63) is 64.4 Å². The minimum atomic E-state index is -0.554. The van der Waals surface area contributed by atoms with E-state index in [0.717, 1.165) is 12.8 Å². The third kappa shape index (κ3) is 5.16. The maximum absolute atomic E-state index is 14.8. The zero-order valence-electron chi connectivity index (χ0n) is 17.7. The molecule has 0 aromatic heterocycles. The van der Waals surface area contributed by atoms with Crippen molar-refractivity contribution in [2.45, 2.75) is 37.8 Å². The molecule has 2 aliphatic rings. The number of ether oxygens (including phenoxy) is 1. The van der Waals surface area contributed by atoms with Crippen molar-refractivity contribution in [3.63, 3.8) is 0 Å². The summed E-state index contributed by atoms with van der Waals surface area (Å²) in [6.07, 6.45) is 1.92. The van der Waals surface area contributed by atoms with Crippen LogP contribution in [-0.4, -0.2) is 48.4 Å². The molecule has 1 aliphatic heterocycles. The number of aliphatic hydroxyl groups is 1. The molecule has 0 bridgehead atoms. The lowest BCUT2D eigenvalue weighted by Crippen LogP contribution is -2.29. The van der Waals surface area contributed by atoms with Gasteiger partial charge in [-0.2, -0.15) is 0 Å². The summed E-state index contributed by atoms with van der Waals surface area (Å²) in [6.45, 7) is 0.231. The number of aliphatic hydroxyl groups excluding tert-OH is 1. The van der Waals surface area contributed by atoms with Gasteiger partial charge in [-0.15, -0.1) is 0 Å². The van der Waals surface area contributed by atoms with Gasteiger partial charge in [-0.05, 0) is 55.5 Å². The zero-order valence-corrected chi connectivity index (χ0v) is 18.5. The van der Waals surface area contributed by atoms with E-state index in [4.69, 9.17) is 21.3 Å². The van der Waals surface area contributed by atoms with E-state index < -0.39 is 18.0 Å². The van der Waals surface area contributed by atoms with E-state index >= 15 is 0 Å². The lowest BCUT2D eigenvalue weighted by molar-refractivity contribution is -0.140.